The third-order valence-electron chi connectivity index (χ3n) is 2.79. The van der Waals surface area contributed by atoms with Gasteiger partial charge >= 0.3 is 0 Å². The second kappa shape index (κ2) is 4.66. The molecule has 2 aromatic heterocycles. The first-order valence-corrected chi connectivity index (χ1v) is 6.60. The van der Waals surface area contributed by atoms with E-state index in [1.54, 1.807) is 11.3 Å². The molecule has 3 aromatic rings. The van der Waals surface area contributed by atoms with Crippen molar-refractivity contribution in [3.8, 4) is 10.7 Å². The van der Waals surface area contributed by atoms with E-state index in [9.17, 15) is 0 Å². The Labute approximate surface area is 110 Å². The minimum atomic E-state index is 0.794. The van der Waals surface area contributed by atoms with E-state index in [4.69, 9.17) is 5.73 Å². The molecule has 0 spiro atoms. The molecule has 0 saturated carbocycles. The summed E-state index contributed by atoms with van der Waals surface area (Å²) in [4.78, 5) is 5.61. The molecule has 0 aliphatic rings. The van der Waals surface area contributed by atoms with E-state index in [0.29, 0.717) is 0 Å². The largest absolute Gasteiger partial charge is 0.399 e. The zero-order chi connectivity index (χ0) is 12.4. The first kappa shape index (κ1) is 11.0. The highest BCUT2D eigenvalue weighted by Gasteiger charge is 2.06. The van der Waals surface area contributed by atoms with Gasteiger partial charge in [0.25, 0.3) is 0 Å². The van der Waals surface area contributed by atoms with Crippen molar-refractivity contribution in [3.05, 3.63) is 59.7 Å². The lowest BCUT2D eigenvalue weighted by Gasteiger charge is -2.07. The van der Waals surface area contributed by atoms with Crippen molar-refractivity contribution in [1.82, 2.24) is 9.55 Å². The molecule has 18 heavy (non-hydrogen) atoms. The molecule has 1 aromatic carbocycles. The summed E-state index contributed by atoms with van der Waals surface area (Å²) in [6.45, 7) is 0.813. The number of nitrogen functional groups attached to an aromatic ring is 1. The van der Waals surface area contributed by atoms with Gasteiger partial charge in [0, 0.05) is 24.6 Å². The van der Waals surface area contributed by atoms with Gasteiger partial charge < -0.3 is 10.3 Å². The van der Waals surface area contributed by atoms with Crippen LogP contribution in [0.25, 0.3) is 10.7 Å². The summed E-state index contributed by atoms with van der Waals surface area (Å²) in [6, 6.07) is 12.1. The van der Waals surface area contributed by atoms with E-state index >= 15 is 0 Å². The van der Waals surface area contributed by atoms with E-state index in [1.807, 2.05) is 42.7 Å². The molecule has 0 aliphatic carbocycles. The number of thiophene rings is 1. The van der Waals surface area contributed by atoms with Gasteiger partial charge in [-0.1, -0.05) is 18.2 Å². The smallest absolute Gasteiger partial charge is 0.150 e. The predicted octanol–water partition coefficient (Wildman–Crippen LogP) is 3.24. The standard InChI is InChI=1S/C14H13N3S/c15-12-5-3-11(4-6-12)10-17-8-7-16-14(17)13-2-1-9-18-13/h1-9H,10,15H2. The lowest BCUT2D eigenvalue weighted by molar-refractivity contribution is 0.809. The van der Waals surface area contributed by atoms with E-state index in [2.05, 4.69) is 21.0 Å². The molecule has 0 unspecified atom stereocenters. The number of imidazole rings is 1. The van der Waals surface area contributed by atoms with Crippen LogP contribution in [-0.2, 0) is 6.54 Å². The SMILES string of the molecule is Nc1ccc(Cn2ccnc2-c2cccs2)cc1. The van der Waals surface area contributed by atoms with Crippen LogP contribution in [0.4, 0.5) is 5.69 Å². The molecule has 0 saturated heterocycles. The van der Waals surface area contributed by atoms with Gasteiger partial charge in [0.05, 0.1) is 4.88 Å². The van der Waals surface area contributed by atoms with E-state index < -0.39 is 0 Å². The molecule has 0 atom stereocenters. The summed E-state index contributed by atoms with van der Waals surface area (Å²) in [7, 11) is 0. The minimum absolute atomic E-state index is 0.794. The van der Waals surface area contributed by atoms with Crippen LogP contribution in [0.1, 0.15) is 5.56 Å². The first-order chi connectivity index (χ1) is 8.83. The maximum absolute atomic E-state index is 5.69. The molecule has 0 aliphatic heterocycles. The van der Waals surface area contributed by atoms with Crippen LogP contribution in [0.3, 0.4) is 0 Å². The van der Waals surface area contributed by atoms with Crippen LogP contribution in [0.2, 0.25) is 0 Å². The van der Waals surface area contributed by atoms with Crippen molar-refractivity contribution in [2.24, 2.45) is 0 Å². The van der Waals surface area contributed by atoms with Gasteiger partial charge in [-0.2, -0.15) is 0 Å². The molecule has 0 fully saturated rings. The summed E-state index contributed by atoms with van der Waals surface area (Å²) >= 11 is 1.70. The molecule has 90 valence electrons. The Morgan fingerprint density at radius 3 is 2.72 bits per heavy atom. The van der Waals surface area contributed by atoms with Gasteiger partial charge in [0.2, 0.25) is 0 Å². The van der Waals surface area contributed by atoms with Crippen LogP contribution in [0, 0.1) is 0 Å². The number of aromatic nitrogens is 2. The fraction of sp³-hybridized carbons (Fsp3) is 0.0714. The Morgan fingerprint density at radius 1 is 1.17 bits per heavy atom. The van der Waals surface area contributed by atoms with Crippen molar-refractivity contribution in [2.75, 3.05) is 5.73 Å². The second-order valence-corrected chi connectivity index (χ2v) is 5.05. The highest BCUT2D eigenvalue weighted by atomic mass is 32.1. The average Bonchev–Trinajstić information content (AvgIpc) is 3.02. The van der Waals surface area contributed by atoms with Crippen molar-refractivity contribution < 1.29 is 0 Å². The summed E-state index contributed by atoms with van der Waals surface area (Å²) < 4.78 is 2.15. The molecular formula is C14H13N3S. The number of nitrogens with two attached hydrogens (primary N) is 1. The van der Waals surface area contributed by atoms with Gasteiger partial charge in [0.1, 0.15) is 5.82 Å². The number of nitrogens with zero attached hydrogens (tertiary/aromatic N) is 2. The monoisotopic (exact) mass is 255 g/mol. The Kier molecular flexibility index (Phi) is 2.86. The predicted molar refractivity (Wildman–Crippen MR) is 75.5 cm³/mol. The third kappa shape index (κ3) is 2.15. The van der Waals surface area contributed by atoms with Gasteiger partial charge in [-0.25, -0.2) is 4.98 Å². The minimum Gasteiger partial charge on any atom is -0.399 e. The Bertz CT molecular complexity index is 623. The lowest BCUT2D eigenvalue weighted by atomic mass is 10.2. The second-order valence-electron chi connectivity index (χ2n) is 4.10. The van der Waals surface area contributed by atoms with Crippen LogP contribution in [0.15, 0.2) is 54.2 Å². The van der Waals surface area contributed by atoms with Crippen LogP contribution >= 0.6 is 11.3 Å². The summed E-state index contributed by atoms with van der Waals surface area (Å²) in [6.07, 6.45) is 3.85. The molecule has 4 heteroatoms. The first-order valence-electron chi connectivity index (χ1n) is 5.72. The van der Waals surface area contributed by atoms with Crippen LogP contribution in [0.5, 0.6) is 0 Å². The Hall–Kier alpha value is -2.07. The van der Waals surface area contributed by atoms with E-state index in [-0.39, 0.29) is 0 Å². The third-order valence-corrected chi connectivity index (χ3v) is 3.66. The van der Waals surface area contributed by atoms with Crippen LogP contribution < -0.4 is 5.73 Å². The molecule has 3 nitrogen and oxygen atoms in total. The zero-order valence-electron chi connectivity index (χ0n) is 9.78. The van der Waals surface area contributed by atoms with Crippen molar-refractivity contribution >= 4 is 17.0 Å². The molecular weight excluding hydrogens is 242 g/mol. The molecule has 3 rings (SSSR count). The summed E-state index contributed by atoms with van der Waals surface area (Å²) in [5.41, 5.74) is 7.71. The van der Waals surface area contributed by atoms with Crippen molar-refractivity contribution in [1.29, 1.82) is 0 Å². The van der Waals surface area contributed by atoms with Crippen LogP contribution in [-0.4, -0.2) is 9.55 Å². The highest BCUT2D eigenvalue weighted by molar-refractivity contribution is 7.13. The number of benzene rings is 1. The van der Waals surface area contributed by atoms with E-state index in [0.717, 1.165) is 18.1 Å². The topological polar surface area (TPSA) is 43.8 Å². The molecule has 0 radical (unpaired) electrons. The fourth-order valence-electron chi connectivity index (χ4n) is 1.89. The van der Waals surface area contributed by atoms with Gasteiger partial charge in [0.15, 0.2) is 0 Å². The van der Waals surface area contributed by atoms with E-state index in [1.165, 1.54) is 10.4 Å². The molecule has 2 N–H and O–H groups in total. The molecule has 0 bridgehead atoms. The molecule has 2 heterocycles. The molecule has 0 amide bonds. The Morgan fingerprint density at radius 2 is 2.00 bits per heavy atom. The van der Waals surface area contributed by atoms with Gasteiger partial charge in [-0.05, 0) is 29.1 Å². The quantitative estimate of drug-likeness (QED) is 0.730. The van der Waals surface area contributed by atoms with Gasteiger partial charge in [-0.3, -0.25) is 0 Å². The van der Waals surface area contributed by atoms with Gasteiger partial charge in [-0.15, -0.1) is 11.3 Å². The number of hydrogen-bond acceptors (Lipinski definition) is 3. The highest BCUT2D eigenvalue weighted by Crippen LogP contribution is 2.23. The number of anilines is 1. The lowest BCUT2D eigenvalue weighted by Crippen LogP contribution is -2.00. The Balaban J connectivity index is 1.90. The zero-order valence-corrected chi connectivity index (χ0v) is 10.6. The maximum Gasteiger partial charge on any atom is 0.150 e. The van der Waals surface area contributed by atoms with Crippen molar-refractivity contribution in [3.63, 3.8) is 0 Å². The normalized spacial score (nSPS) is 10.7. The maximum atomic E-state index is 5.69. The average molecular weight is 255 g/mol. The number of rotatable bonds is 3. The van der Waals surface area contributed by atoms with Crippen molar-refractivity contribution in [2.45, 2.75) is 6.54 Å². The summed E-state index contributed by atoms with van der Waals surface area (Å²) in [5.74, 6) is 1.02. The fourth-order valence-corrected chi connectivity index (χ4v) is 2.62. The summed E-state index contributed by atoms with van der Waals surface area (Å²) in [5, 5.41) is 2.07. The number of hydrogen-bond donors (Lipinski definition) is 1.